The minimum absolute atomic E-state index is 0.00153. The molecule has 1 aliphatic carbocycles. The normalized spacial score (nSPS) is 30.3. The Labute approximate surface area is 124 Å². The van der Waals surface area contributed by atoms with E-state index in [2.05, 4.69) is 5.32 Å². The maximum atomic E-state index is 12.4. The van der Waals surface area contributed by atoms with Crippen molar-refractivity contribution in [3.05, 3.63) is 23.8 Å². The fourth-order valence-electron chi connectivity index (χ4n) is 3.53. The van der Waals surface area contributed by atoms with E-state index in [0.29, 0.717) is 12.6 Å². The first-order chi connectivity index (χ1) is 10.1. The monoisotopic (exact) mass is 288 g/mol. The number of benzene rings is 1. The number of amides is 2. The number of fused-ring (bicyclic) bond motifs is 4. The summed E-state index contributed by atoms with van der Waals surface area (Å²) in [6.07, 6.45) is 2.91. The zero-order valence-electron chi connectivity index (χ0n) is 12.4. The molecule has 2 unspecified atom stereocenters. The summed E-state index contributed by atoms with van der Waals surface area (Å²) in [5.41, 5.74) is 0.441. The van der Waals surface area contributed by atoms with Gasteiger partial charge < -0.3 is 14.8 Å². The van der Waals surface area contributed by atoms with Crippen molar-refractivity contribution in [3.8, 4) is 11.5 Å². The molecular formula is C16H20N2O3. The molecule has 2 fully saturated rings. The number of nitrogens with zero attached hydrogens (tertiary/aromatic N) is 1. The van der Waals surface area contributed by atoms with Crippen LogP contribution < -0.4 is 14.8 Å². The number of ether oxygens (including phenoxy) is 2. The standard InChI is InChI=1S/C16H20N2O3/c1-3-20-13-6-4-5-11-12-9-16(2,21-14(11)13)18(10-7-8-10)15(19)17-12/h4-6,10,12H,3,7-9H2,1-2H3,(H,17,19). The second-order valence-corrected chi connectivity index (χ2v) is 6.19. The average molecular weight is 288 g/mol. The first-order valence-corrected chi connectivity index (χ1v) is 7.67. The summed E-state index contributed by atoms with van der Waals surface area (Å²) < 4.78 is 12.0. The molecule has 4 rings (SSSR count). The molecule has 21 heavy (non-hydrogen) atoms. The van der Waals surface area contributed by atoms with Crippen LogP contribution in [0.2, 0.25) is 0 Å². The summed E-state index contributed by atoms with van der Waals surface area (Å²) in [7, 11) is 0. The molecule has 5 heteroatoms. The maximum Gasteiger partial charge on any atom is 0.321 e. The Kier molecular flexibility index (Phi) is 2.62. The van der Waals surface area contributed by atoms with Gasteiger partial charge in [0.1, 0.15) is 0 Å². The molecular weight excluding hydrogens is 268 g/mol. The molecule has 1 aromatic carbocycles. The molecule has 2 aliphatic heterocycles. The Bertz CT molecular complexity index is 599. The van der Waals surface area contributed by atoms with Crippen molar-refractivity contribution in [1.82, 2.24) is 10.2 Å². The Balaban J connectivity index is 1.78. The second kappa shape index (κ2) is 4.29. The third-order valence-corrected chi connectivity index (χ3v) is 4.53. The van der Waals surface area contributed by atoms with Crippen molar-refractivity contribution in [2.75, 3.05) is 6.61 Å². The van der Waals surface area contributed by atoms with Crippen molar-refractivity contribution in [3.63, 3.8) is 0 Å². The summed E-state index contributed by atoms with van der Waals surface area (Å²) in [6.45, 7) is 4.58. The fourth-order valence-corrected chi connectivity index (χ4v) is 3.53. The smallest absolute Gasteiger partial charge is 0.321 e. The van der Waals surface area contributed by atoms with Crippen molar-refractivity contribution < 1.29 is 14.3 Å². The minimum Gasteiger partial charge on any atom is -0.490 e. The van der Waals surface area contributed by atoms with E-state index in [1.807, 2.05) is 36.9 Å². The summed E-state index contributed by atoms with van der Waals surface area (Å²) >= 11 is 0. The Morgan fingerprint density at radius 1 is 1.48 bits per heavy atom. The summed E-state index contributed by atoms with van der Waals surface area (Å²) in [5.74, 6) is 1.54. The van der Waals surface area contributed by atoms with Crippen LogP contribution in [-0.2, 0) is 0 Å². The number of para-hydroxylation sites is 1. The zero-order chi connectivity index (χ0) is 14.6. The number of rotatable bonds is 3. The van der Waals surface area contributed by atoms with Crippen LogP contribution in [0.5, 0.6) is 11.5 Å². The van der Waals surface area contributed by atoms with E-state index in [1.54, 1.807) is 0 Å². The molecule has 0 spiro atoms. The fraction of sp³-hybridized carbons (Fsp3) is 0.562. The van der Waals surface area contributed by atoms with Gasteiger partial charge in [-0.2, -0.15) is 0 Å². The summed E-state index contributed by atoms with van der Waals surface area (Å²) in [6, 6.07) is 6.20. The van der Waals surface area contributed by atoms with Crippen LogP contribution in [-0.4, -0.2) is 29.3 Å². The maximum absolute atomic E-state index is 12.4. The SMILES string of the molecule is CCOc1cccc2c1OC1(C)CC2NC(=O)N1C1CC1. The number of hydrogen-bond acceptors (Lipinski definition) is 3. The lowest BCUT2D eigenvalue weighted by molar-refractivity contribution is -0.0892. The van der Waals surface area contributed by atoms with Gasteiger partial charge in [0.2, 0.25) is 0 Å². The molecule has 1 aromatic rings. The van der Waals surface area contributed by atoms with Crippen LogP contribution in [0.25, 0.3) is 0 Å². The van der Waals surface area contributed by atoms with Gasteiger partial charge in [-0.3, -0.25) is 4.90 Å². The van der Waals surface area contributed by atoms with Crippen molar-refractivity contribution in [2.45, 2.75) is 50.9 Å². The lowest BCUT2D eigenvalue weighted by atomic mass is 9.90. The summed E-state index contributed by atoms with van der Waals surface area (Å²) in [5, 5.41) is 3.12. The first-order valence-electron chi connectivity index (χ1n) is 7.67. The molecule has 5 nitrogen and oxygen atoms in total. The Morgan fingerprint density at radius 3 is 3.00 bits per heavy atom. The van der Waals surface area contributed by atoms with E-state index in [1.165, 1.54) is 0 Å². The molecule has 1 saturated heterocycles. The second-order valence-electron chi connectivity index (χ2n) is 6.19. The van der Waals surface area contributed by atoms with Gasteiger partial charge in [-0.1, -0.05) is 12.1 Å². The van der Waals surface area contributed by atoms with Crippen LogP contribution in [0.15, 0.2) is 18.2 Å². The third-order valence-electron chi connectivity index (χ3n) is 4.53. The zero-order valence-corrected chi connectivity index (χ0v) is 12.4. The van der Waals surface area contributed by atoms with E-state index >= 15 is 0 Å². The van der Waals surface area contributed by atoms with Crippen LogP contribution in [0, 0.1) is 0 Å². The van der Waals surface area contributed by atoms with Crippen molar-refractivity contribution in [1.29, 1.82) is 0 Å². The van der Waals surface area contributed by atoms with E-state index in [-0.39, 0.29) is 12.1 Å². The van der Waals surface area contributed by atoms with E-state index in [0.717, 1.165) is 36.3 Å². The molecule has 1 N–H and O–H groups in total. The van der Waals surface area contributed by atoms with E-state index in [4.69, 9.17) is 9.47 Å². The van der Waals surface area contributed by atoms with Gasteiger partial charge in [0.15, 0.2) is 17.2 Å². The minimum atomic E-state index is -0.575. The molecule has 3 aliphatic rings. The van der Waals surface area contributed by atoms with Crippen molar-refractivity contribution >= 4 is 6.03 Å². The molecule has 0 radical (unpaired) electrons. The number of nitrogens with one attached hydrogen (secondary N) is 1. The number of hydrogen-bond donors (Lipinski definition) is 1. The molecule has 2 heterocycles. The number of carbonyl (C=O) groups excluding carboxylic acids is 1. The van der Waals surface area contributed by atoms with Crippen molar-refractivity contribution in [2.24, 2.45) is 0 Å². The lowest BCUT2D eigenvalue weighted by Crippen LogP contribution is -2.65. The van der Waals surface area contributed by atoms with Gasteiger partial charge >= 0.3 is 6.03 Å². The summed E-state index contributed by atoms with van der Waals surface area (Å²) in [4.78, 5) is 14.3. The molecule has 112 valence electrons. The van der Waals surface area contributed by atoms with Gasteiger partial charge in [-0.15, -0.1) is 0 Å². The third kappa shape index (κ3) is 1.87. The van der Waals surface area contributed by atoms with Crippen LogP contribution in [0.4, 0.5) is 4.79 Å². The highest BCUT2D eigenvalue weighted by molar-refractivity contribution is 5.78. The van der Waals surface area contributed by atoms with Gasteiger partial charge in [0.25, 0.3) is 0 Å². The highest BCUT2D eigenvalue weighted by atomic mass is 16.5. The largest absolute Gasteiger partial charge is 0.490 e. The molecule has 0 aromatic heterocycles. The predicted molar refractivity (Wildman–Crippen MR) is 77.4 cm³/mol. The lowest BCUT2D eigenvalue weighted by Gasteiger charge is -2.51. The molecule has 2 bridgehead atoms. The number of urea groups is 1. The van der Waals surface area contributed by atoms with Gasteiger partial charge in [-0.25, -0.2) is 4.79 Å². The van der Waals surface area contributed by atoms with Crippen LogP contribution >= 0.6 is 0 Å². The number of carbonyl (C=O) groups is 1. The van der Waals surface area contributed by atoms with Gasteiger partial charge in [0, 0.05) is 18.0 Å². The highest BCUT2D eigenvalue weighted by Gasteiger charge is 2.54. The van der Waals surface area contributed by atoms with Crippen LogP contribution in [0.3, 0.4) is 0 Å². The van der Waals surface area contributed by atoms with Crippen LogP contribution in [0.1, 0.15) is 44.7 Å². The van der Waals surface area contributed by atoms with E-state index < -0.39 is 5.72 Å². The average Bonchev–Trinajstić information content (AvgIpc) is 3.23. The quantitative estimate of drug-likeness (QED) is 0.930. The molecule has 2 atom stereocenters. The molecule has 1 saturated carbocycles. The highest BCUT2D eigenvalue weighted by Crippen LogP contribution is 2.50. The Morgan fingerprint density at radius 2 is 2.29 bits per heavy atom. The molecule has 2 amide bonds. The topological polar surface area (TPSA) is 50.8 Å². The van der Waals surface area contributed by atoms with E-state index in [9.17, 15) is 4.79 Å². The predicted octanol–water partition coefficient (Wildman–Crippen LogP) is 2.81. The van der Waals surface area contributed by atoms with Gasteiger partial charge in [0.05, 0.1) is 12.6 Å². The van der Waals surface area contributed by atoms with Gasteiger partial charge in [-0.05, 0) is 32.8 Å². The first kappa shape index (κ1) is 12.8. The Hall–Kier alpha value is -1.91.